The maximum absolute atomic E-state index is 12.8. The Labute approximate surface area is 148 Å². The molecule has 3 aromatic rings. The van der Waals surface area contributed by atoms with E-state index in [-0.39, 0.29) is 12.7 Å². The van der Waals surface area contributed by atoms with Crippen molar-refractivity contribution in [2.75, 3.05) is 11.7 Å². The summed E-state index contributed by atoms with van der Waals surface area (Å²) in [6, 6.07) is 11.9. The van der Waals surface area contributed by atoms with Crippen LogP contribution in [0.25, 0.3) is 10.9 Å². The molecule has 130 valence electrons. The number of aromatic amines is 1. The summed E-state index contributed by atoms with van der Waals surface area (Å²) in [6.07, 6.45) is 2.31. The number of imide groups is 1. The van der Waals surface area contributed by atoms with Gasteiger partial charge in [-0.2, -0.15) is 0 Å². The van der Waals surface area contributed by atoms with Crippen LogP contribution in [-0.4, -0.2) is 29.8 Å². The number of urea groups is 1. The number of nitrogens with one attached hydrogen (secondary N) is 2. The summed E-state index contributed by atoms with van der Waals surface area (Å²) < 4.78 is 10.6. The van der Waals surface area contributed by atoms with Gasteiger partial charge < -0.3 is 19.8 Å². The molecular formula is C19H15N3O4. The number of anilines is 1. The first-order valence-corrected chi connectivity index (χ1v) is 8.30. The lowest BCUT2D eigenvalue weighted by molar-refractivity contribution is -0.118. The molecule has 1 saturated heterocycles. The number of para-hydroxylation sites is 1. The zero-order chi connectivity index (χ0) is 17.7. The lowest BCUT2D eigenvalue weighted by atomic mass is 10.0. The molecule has 5 rings (SSSR count). The Morgan fingerprint density at radius 2 is 1.92 bits per heavy atom. The van der Waals surface area contributed by atoms with E-state index < -0.39 is 12.1 Å². The fourth-order valence-corrected chi connectivity index (χ4v) is 3.46. The van der Waals surface area contributed by atoms with Crippen LogP contribution in [0.5, 0.6) is 11.5 Å². The van der Waals surface area contributed by atoms with Gasteiger partial charge in [0.1, 0.15) is 6.04 Å². The largest absolute Gasteiger partial charge is 0.454 e. The first kappa shape index (κ1) is 14.8. The summed E-state index contributed by atoms with van der Waals surface area (Å²) in [5.74, 6) is 0.860. The number of H-pyrrole nitrogens is 1. The minimum Gasteiger partial charge on any atom is -0.454 e. The number of carbonyl (C=O) groups excluding carboxylic acids is 2. The van der Waals surface area contributed by atoms with Gasteiger partial charge in [-0.3, -0.25) is 4.79 Å². The van der Waals surface area contributed by atoms with Gasteiger partial charge in [0.15, 0.2) is 11.5 Å². The van der Waals surface area contributed by atoms with Crippen molar-refractivity contribution in [1.29, 1.82) is 0 Å². The monoisotopic (exact) mass is 349 g/mol. The first-order valence-electron chi connectivity index (χ1n) is 8.30. The highest BCUT2D eigenvalue weighted by Crippen LogP contribution is 2.36. The Balaban J connectivity index is 1.42. The Kier molecular flexibility index (Phi) is 3.15. The SMILES string of the molecule is O=C1N[C@@H](Cc2c[nH]c3ccccc23)C(=O)N1c1ccc2c(c1)OCO2. The second-order valence-corrected chi connectivity index (χ2v) is 6.28. The Morgan fingerprint density at radius 3 is 2.85 bits per heavy atom. The molecule has 26 heavy (non-hydrogen) atoms. The van der Waals surface area contributed by atoms with Gasteiger partial charge in [0.2, 0.25) is 6.79 Å². The smallest absolute Gasteiger partial charge is 0.329 e. The van der Waals surface area contributed by atoms with Crippen molar-refractivity contribution in [3.63, 3.8) is 0 Å². The lowest BCUT2D eigenvalue weighted by Gasteiger charge is -2.13. The van der Waals surface area contributed by atoms with E-state index in [9.17, 15) is 9.59 Å². The van der Waals surface area contributed by atoms with E-state index in [2.05, 4.69) is 10.3 Å². The van der Waals surface area contributed by atoms with Gasteiger partial charge in [0, 0.05) is 29.6 Å². The Bertz CT molecular complexity index is 1040. The van der Waals surface area contributed by atoms with E-state index in [4.69, 9.17) is 9.47 Å². The maximum atomic E-state index is 12.8. The standard InChI is InChI=1S/C19H15N3O4/c23-18-15(7-11-9-20-14-4-2-1-3-13(11)14)21-19(24)22(18)12-5-6-16-17(8-12)26-10-25-16/h1-6,8-9,15,20H,7,10H2,(H,21,24)/t15-/m0/s1. The average molecular weight is 349 g/mol. The molecule has 1 atom stereocenters. The number of hydrogen-bond acceptors (Lipinski definition) is 4. The number of aromatic nitrogens is 1. The van der Waals surface area contributed by atoms with E-state index in [0.29, 0.717) is 23.6 Å². The van der Waals surface area contributed by atoms with Crippen LogP contribution in [0.3, 0.4) is 0 Å². The minimum atomic E-state index is -0.605. The van der Waals surface area contributed by atoms with Crippen LogP contribution >= 0.6 is 0 Å². The van der Waals surface area contributed by atoms with Crippen LogP contribution in [0.4, 0.5) is 10.5 Å². The number of nitrogens with zero attached hydrogens (tertiary/aromatic N) is 1. The number of carbonyl (C=O) groups is 2. The summed E-state index contributed by atoms with van der Waals surface area (Å²) in [5.41, 5.74) is 2.47. The van der Waals surface area contributed by atoms with Crippen molar-refractivity contribution in [3.8, 4) is 11.5 Å². The third-order valence-corrected chi connectivity index (χ3v) is 4.73. The van der Waals surface area contributed by atoms with Crippen LogP contribution < -0.4 is 19.7 Å². The van der Waals surface area contributed by atoms with Gasteiger partial charge in [0.05, 0.1) is 5.69 Å². The third-order valence-electron chi connectivity index (χ3n) is 4.73. The molecule has 2 aliphatic rings. The first-order chi connectivity index (χ1) is 12.7. The molecular weight excluding hydrogens is 334 g/mol. The average Bonchev–Trinajstić information content (AvgIpc) is 3.34. The fourth-order valence-electron chi connectivity index (χ4n) is 3.46. The number of hydrogen-bond donors (Lipinski definition) is 2. The molecule has 1 fully saturated rings. The van der Waals surface area contributed by atoms with E-state index in [0.717, 1.165) is 21.4 Å². The quantitative estimate of drug-likeness (QED) is 0.712. The number of ether oxygens (including phenoxy) is 2. The number of fused-ring (bicyclic) bond motifs is 2. The molecule has 0 radical (unpaired) electrons. The van der Waals surface area contributed by atoms with Gasteiger partial charge in [-0.15, -0.1) is 0 Å². The van der Waals surface area contributed by atoms with Crippen molar-refractivity contribution >= 4 is 28.5 Å². The van der Waals surface area contributed by atoms with Gasteiger partial charge in [0.25, 0.3) is 5.91 Å². The molecule has 0 bridgehead atoms. The van der Waals surface area contributed by atoms with E-state index in [1.807, 2.05) is 30.5 Å². The topological polar surface area (TPSA) is 83.7 Å². The minimum absolute atomic E-state index is 0.141. The molecule has 7 heteroatoms. The van der Waals surface area contributed by atoms with Crippen molar-refractivity contribution in [3.05, 3.63) is 54.2 Å². The van der Waals surface area contributed by atoms with Gasteiger partial charge in [-0.05, 0) is 23.8 Å². The molecule has 0 aliphatic carbocycles. The molecule has 2 N–H and O–H groups in total. The molecule has 0 spiro atoms. The molecule has 2 aliphatic heterocycles. The van der Waals surface area contributed by atoms with Crippen LogP contribution in [-0.2, 0) is 11.2 Å². The van der Waals surface area contributed by atoms with Crippen LogP contribution in [0.1, 0.15) is 5.56 Å². The summed E-state index contributed by atoms with van der Waals surface area (Å²) in [6.45, 7) is 0.141. The van der Waals surface area contributed by atoms with Gasteiger partial charge in [-0.25, -0.2) is 9.69 Å². The maximum Gasteiger partial charge on any atom is 0.329 e. The van der Waals surface area contributed by atoms with E-state index in [1.165, 1.54) is 0 Å². The molecule has 3 amide bonds. The number of amides is 3. The highest BCUT2D eigenvalue weighted by molar-refractivity contribution is 6.21. The zero-order valence-corrected chi connectivity index (χ0v) is 13.7. The highest BCUT2D eigenvalue weighted by Gasteiger charge is 2.39. The predicted octanol–water partition coefficient (Wildman–Crippen LogP) is 2.56. The van der Waals surface area contributed by atoms with Crippen LogP contribution in [0.2, 0.25) is 0 Å². The lowest BCUT2D eigenvalue weighted by Crippen LogP contribution is -2.32. The predicted molar refractivity (Wildman–Crippen MR) is 94.4 cm³/mol. The van der Waals surface area contributed by atoms with Crippen molar-refractivity contribution in [2.24, 2.45) is 0 Å². The molecule has 1 aromatic heterocycles. The molecule has 0 saturated carbocycles. The molecule has 2 aromatic carbocycles. The van der Waals surface area contributed by atoms with Crippen molar-refractivity contribution in [1.82, 2.24) is 10.3 Å². The summed E-state index contributed by atoms with van der Waals surface area (Å²) in [4.78, 5) is 29.6. The highest BCUT2D eigenvalue weighted by atomic mass is 16.7. The van der Waals surface area contributed by atoms with E-state index in [1.54, 1.807) is 18.2 Å². The van der Waals surface area contributed by atoms with Crippen LogP contribution in [0.15, 0.2) is 48.7 Å². The summed E-state index contributed by atoms with van der Waals surface area (Å²) >= 11 is 0. The zero-order valence-electron chi connectivity index (χ0n) is 13.7. The molecule has 3 heterocycles. The summed E-state index contributed by atoms with van der Waals surface area (Å²) in [7, 11) is 0. The van der Waals surface area contributed by atoms with Crippen molar-refractivity contribution < 1.29 is 19.1 Å². The van der Waals surface area contributed by atoms with Crippen molar-refractivity contribution in [2.45, 2.75) is 12.5 Å². The van der Waals surface area contributed by atoms with Gasteiger partial charge >= 0.3 is 6.03 Å². The fraction of sp³-hybridized carbons (Fsp3) is 0.158. The Hall–Kier alpha value is -3.48. The van der Waals surface area contributed by atoms with Gasteiger partial charge in [-0.1, -0.05) is 18.2 Å². The number of benzene rings is 2. The third kappa shape index (κ3) is 2.21. The molecule has 0 unspecified atom stereocenters. The normalized spacial score (nSPS) is 18.6. The van der Waals surface area contributed by atoms with E-state index >= 15 is 0 Å². The second kappa shape index (κ2) is 5.52. The second-order valence-electron chi connectivity index (χ2n) is 6.28. The van der Waals surface area contributed by atoms with Crippen LogP contribution in [0, 0.1) is 0 Å². The molecule has 7 nitrogen and oxygen atoms in total. The Morgan fingerprint density at radius 1 is 1.08 bits per heavy atom. The number of rotatable bonds is 3. The summed E-state index contributed by atoms with van der Waals surface area (Å²) in [5, 5.41) is 3.83.